The van der Waals surface area contributed by atoms with Crippen LogP contribution in [0.25, 0.3) is 11.1 Å². The summed E-state index contributed by atoms with van der Waals surface area (Å²) in [6.45, 7) is 12.2. The van der Waals surface area contributed by atoms with Gasteiger partial charge < -0.3 is 35.0 Å². The molecule has 3 rings (SSSR count). The minimum Gasteiger partial charge on any atom is -0.464 e. The van der Waals surface area contributed by atoms with E-state index in [9.17, 15) is 28.8 Å². The Morgan fingerprint density at radius 2 is 1.38 bits per heavy atom. The highest BCUT2D eigenvalue weighted by Gasteiger charge is 2.35. The van der Waals surface area contributed by atoms with Crippen molar-refractivity contribution < 1.29 is 47.8 Å². The molecule has 4 amide bonds. The number of hydrogen-bond donors (Lipinski definition) is 3. The monoisotopic (exact) mass is 696 g/mol. The number of ether oxygens (including phenoxy) is 3. The van der Waals surface area contributed by atoms with Crippen molar-refractivity contribution >= 4 is 35.9 Å². The van der Waals surface area contributed by atoms with Crippen molar-refractivity contribution in [3.8, 4) is 11.1 Å². The van der Waals surface area contributed by atoms with Gasteiger partial charge in [-0.15, -0.1) is 0 Å². The summed E-state index contributed by atoms with van der Waals surface area (Å²) in [7, 11) is 0. The first-order chi connectivity index (χ1) is 23.5. The van der Waals surface area contributed by atoms with Crippen LogP contribution in [0.4, 0.5) is 9.59 Å². The molecule has 2 aromatic rings. The molecule has 0 fully saturated rings. The summed E-state index contributed by atoms with van der Waals surface area (Å²) in [5, 5.41) is 7.70. The second kappa shape index (κ2) is 17.5. The van der Waals surface area contributed by atoms with E-state index in [4.69, 9.17) is 19.0 Å². The van der Waals surface area contributed by atoms with Crippen molar-refractivity contribution in [1.82, 2.24) is 21.0 Å². The average Bonchev–Trinajstić information content (AvgIpc) is 3.36. The van der Waals surface area contributed by atoms with E-state index in [2.05, 4.69) is 16.0 Å². The Labute approximate surface area is 292 Å². The number of hydrogen-bond acceptors (Lipinski definition) is 10. The average molecular weight is 697 g/mol. The molecular weight excluding hydrogens is 648 g/mol. The third kappa shape index (κ3) is 10.9. The highest BCUT2D eigenvalue weighted by atomic mass is 16.7. The zero-order chi connectivity index (χ0) is 37.2. The van der Waals surface area contributed by atoms with E-state index < -0.39 is 66.2 Å². The third-order valence-electron chi connectivity index (χ3n) is 7.57. The smallest absolute Gasteiger partial charge is 0.408 e. The van der Waals surface area contributed by atoms with Crippen molar-refractivity contribution in [2.45, 2.75) is 91.5 Å². The molecule has 14 nitrogen and oxygen atoms in total. The van der Waals surface area contributed by atoms with Gasteiger partial charge in [0.1, 0.15) is 36.9 Å². The molecule has 0 saturated heterocycles. The van der Waals surface area contributed by atoms with E-state index in [-0.39, 0.29) is 31.5 Å². The van der Waals surface area contributed by atoms with Gasteiger partial charge in [-0.1, -0.05) is 62.4 Å². The van der Waals surface area contributed by atoms with Crippen molar-refractivity contribution in [1.29, 1.82) is 0 Å². The molecule has 50 heavy (non-hydrogen) atoms. The number of rotatable bonds is 13. The van der Waals surface area contributed by atoms with Crippen molar-refractivity contribution in [3.63, 3.8) is 0 Å². The molecule has 1 aliphatic rings. The first-order valence-electron chi connectivity index (χ1n) is 16.6. The molecule has 1 aliphatic carbocycles. The summed E-state index contributed by atoms with van der Waals surface area (Å²) < 4.78 is 15.8. The molecular formula is C36H48N4O10. The molecule has 3 atom stereocenters. The van der Waals surface area contributed by atoms with Crippen LogP contribution in [0.15, 0.2) is 48.5 Å². The molecule has 0 aromatic heterocycles. The van der Waals surface area contributed by atoms with E-state index in [1.165, 1.54) is 13.8 Å². The van der Waals surface area contributed by atoms with Gasteiger partial charge in [-0.2, -0.15) is 5.06 Å². The largest absolute Gasteiger partial charge is 0.464 e. The standard InChI is InChI=1S/C36H48N4O10/c1-9-47-33(44)29(18-21(2)3)39-31(42)23(5)40(50-32(43)22(4)38-35(46)49-36(6,7)8)30(41)19-37-34(45)48-20-28-26-16-12-10-14-24(26)25-15-11-13-17-27(25)28/h10-17,21-23,28-29H,9,18-20H2,1-8H3,(H,37,45)(H,38,46)(H,39,42)/t22-,23+,29-/m0/s1. The van der Waals surface area contributed by atoms with Gasteiger partial charge in [-0.25, -0.2) is 19.2 Å². The zero-order valence-corrected chi connectivity index (χ0v) is 29.9. The van der Waals surface area contributed by atoms with Gasteiger partial charge in [0.15, 0.2) is 0 Å². The molecule has 3 N–H and O–H groups in total. The fourth-order valence-corrected chi connectivity index (χ4v) is 5.27. The van der Waals surface area contributed by atoms with E-state index >= 15 is 0 Å². The Bertz CT molecular complexity index is 1510. The first-order valence-corrected chi connectivity index (χ1v) is 16.6. The van der Waals surface area contributed by atoms with Crippen LogP contribution in [-0.2, 0) is 38.2 Å². The maximum absolute atomic E-state index is 13.4. The molecule has 0 saturated carbocycles. The lowest BCUT2D eigenvalue weighted by atomic mass is 9.98. The Balaban J connectivity index is 1.71. The third-order valence-corrected chi connectivity index (χ3v) is 7.57. The van der Waals surface area contributed by atoms with E-state index in [0.717, 1.165) is 22.3 Å². The second-order valence-corrected chi connectivity index (χ2v) is 13.3. The van der Waals surface area contributed by atoms with Crippen molar-refractivity contribution in [2.24, 2.45) is 5.92 Å². The molecule has 0 aliphatic heterocycles. The molecule has 0 bridgehead atoms. The SMILES string of the molecule is CCOC(=O)[C@H](CC(C)C)NC(=O)[C@@H](C)N(OC(=O)[C@H](C)NC(=O)OC(C)(C)C)C(=O)CNC(=O)OCC1c2ccccc2-c2ccccc21. The molecule has 0 radical (unpaired) electrons. The van der Waals surface area contributed by atoms with Crippen LogP contribution < -0.4 is 16.0 Å². The zero-order valence-electron chi connectivity index (χ0n) is 29.9. The number of carbonyl (C=O) groups excluding carboxylic acids is 6. The summed E-state index contributed by atoms with van der Waals surface area (Å²) in [6.07, 6.45) is -1.58. The maximum Gasteiger partial charge on any atom is 0.408 e. The van der Waals surface area contributed by atoms with Crippen molar-refractivity contribution in [2.75, 3.05) is 19.8 Å². The van der Waals surface area contributed by atoms with Crippen LogP contribution in [0.5, 0.6) is 0 Å². The lowest BCUT2D eigenvalue weighted by Crippen LogP contribution is -2.55. The molecule has 2 aromatic carbocycles. The van der Waals surface area contributed by atoms with E-state index in [0.29, 0.717) is 5.06 Å². The summed E-state index contributed by atoms with van der Waals surface area (Å²) in [6, 6.07) is 11.8. The lowest BCUT2D eigenvalue weighted by molar-refractivity contribution is -0.207. The van der Waals surface area contributed by atoms with E-state index in [1.54, 1.807) is 27.7 Å². The van der Waals surface area contributed by atoms with Crippen LogP contribution in [0.2, 0.25) is 0 Å². The van der Waals surface area contributed by atoms with Gasteiger partial charge >= 0.3 is 24.1 Å². The van der Waals surface area contributed by atoms with Crippen LogP contribution >= 0.6 is 0 Å². The summed E-state index contributed by atoms with van der Waals surface area (Å²) in [4.78, 5) is 82.8. The summed E-state index contributed by atoms with van der Waals surface area (Å²) >= 11 is 0. The normalized spacial score (nSPS) is 13.9. The fraction of sp³-hybridized carbons (Fsp3) is 0.500. The van der Waals surface area contributed by atoms with Crippen molar-refractivity contribution in [3.05, 3.63) is 59.7 Å². The lowest BCUT2D eigenvalue weighted by Gasteiger charge is -2.29. The molecule has 0 spiro atoms. The van der Waals surface area contributed by atoms with Gasteiger partial charge in [-0.05, 0) is 76.1 Å². The number of amides is 4. The predicted molar refractivity (Wildman–Crippen MR) is 182 cm³/mol. The maximum atomic E-state index is 13.4. The van der Waals surface area contributed by atoms with Gasteiger partial charge in [0.05, 0.1) is 6.61 Å². The Morgan fingerprint density at radius 1 is 0.800 bits per heavy atom. The summed E-state index contributed by atoms with van der Waals surface area (Å²) in [5.41, 5.74) is 3.25. The number of esters is 1. The second-order valence-electron chi connectivity index (χ2n) is 13.3. The van der Waals surface area contributed by atoms with Crippen LogP contribution in [-0.4, -0.2) is 84.5 Å². The highest BCUT2D eigenvalue weighted by molar-refractivity contribution is 5.92. The van der Waals surface area contributed by atoms with Gasteiger partial charge in [0.25, 0.3) is 5.91 Å². The number of hydroxylamine groups is 2. The topological polar surface area (TPSA) is 179 Å². The minimum atomic E-state index is -1.48. The number of nitrogens with zero attached hydrogens (tertiary/aromatic N) is 1. The first kappa shape index (κ1) is 39.3. The number of carbonyl (C=O) groups is 6. The number of nitrogens with one attached hydrogen (secondary N) is 3. The number of alkyl carbamates (subject to hydrolysis) is 2. The molecule has 272 valence electrons. The summed E-state index contributed by atoms with van der Waals surface area (Å²) in [5.74, 6) is -3.81. The van der Waals surface area contributed by atoms with Gasteiger partial charge in [0, 0.05) is 5.92 Å². The predicted octanol–water partition coefficient (Wildman–Crippen LogP) is 4.21. The van der Waals surface area contributed by atoms with E-state index in [1.807, 2.05) is 62.4 Å². The number of benzene rings is 2. The molecule has 0 heterocycles. The van der Waals surface area contributed by atoms with Gasteiger partial charge in [0.2, 0.25) is 5.91 Å². The fourth-order valence-electron chi connectivity index (χ4n) is 5.27. The molecule has 0 unspecified atom stereocenters. The van der Waals surface area contributed by atoms with Crippen LogP contribution in [0.3, 0.4) is 0 Å². The van der Waals surface area contributed by atoms with Gasteiger partial charge in [-0.3, -0.25) is 9.59 Å². The quantitative estimate of drug-likeness (QED) is 0.156. The molecule has 14 heteroatoms. The Morgan fingerprint density at radius 3 is 1.92 bits per heavy atom. The Kier molecular flexibility index (Phi) is 13.8. The van der Waals surface area contributed by atoms with Crippen LogP contribution in [0, 0.1) is 5.92 Å². The highest BCUT2D eigenvalue weighted by Crippen LogP contribution is 2.44. The minimum absolute atomic E-state index is 0.00300. The Hall–Kier alpha value is -5.14. The number of fused-ring (bicyclic) bond motifs is 3. The van der Waals surface area contributed by atoms with Crippen LogP contribution in [0.1, 0.15) is 78.9 Å².